The lowest BCUT2D eigenvalue weighted by atomic mass is 10.1. The quantitative estimate of drug-likeness (QED) is 0.327. The maximum Gasteiger partial charge on any atom is 0.265 e. The lowest BCUT2D eigenvalue weighted by Gasteiger charge is -2.15. The van der Waals surface area contributed by atoms with Crippen molar-refractivity contribution in [3.05, 3.63) is 110 Å². The van der Waals surface area contributed by atoms with E-state index in [0.29, 0.717) is 21.4 Å². The number of thiophene rings is 1. The van der Waals surface area contributed by atoms with Gasteiger partial charge in [-0.3, -0.25) is 19.3 Å². The van der Waals surface area contributed by atoms with Crippen LogP contribution in [0.5, 0.6) is 0 Å². The Kier molecular flexibility index (Phi) is 6.31. The summed E-state index contributed by atoms with van der Waals surface area (Å²) in [4.78, 5) is 44.8. The van der Waals surface area contributed by atoms with Crippen molar-refractivity contribution >= 4 is 52.2 Å². The first-order chi connectivity index (χ1) is 17.0. The smallest absolute Gasteiger partial charge is 0.265 e. The number of amides is 3. The van der Waals surface area contributed by atoms with Gasteiger partial charge in [0.25, 0.3) is 17.7 Å². The van der Waals surface area contributed by atoms with E-state index in [4.69, 9.17) is 11.6 Å². The summed E-state index contributed by atoms with van der Waals surface area (Å²) < 4.78 is 0.489. The highest BCUT2D eigenvalue weighted by Gasteiger charge is 2.37. The third-order valence-corrected chi connectivity index (χ3v) is 6.74. The number of hydrogen-bond acceptors (Lipinski definition) is 6. The van der Waals surface area contributed by atoms with Crippen LogP contribution in [0.15, 0.2) is 79.0 Å². The molecule has 174 valence electrons. The monoisotopic (exact) mass is 502 g/mol. The molecule has 3 heterocycles. The maximum atomic E-state index is 13.3. The molecule has 0 aliphatic carbocycles. The first-order valence-corrected chi connectivity index (χ1v) is 12.0. The molecule has 0 saturated carbocycles. The van der Waals surface area contributed by atoms with Gasteiger partial charge in [0.2, 0.25) is 0 Å². The fourth-order valence-electron chi connectivity index (χ4n) is 3.88. The molecule has 2 aromatic heterocycles. The van der Waals surface area contributed by atoms with Crippen LogP contribution in [0.2, 0.25) is 4.34 Å². The van der Waals surface area contributed by atoms with Gasteiger partial charge in [-0.2, -0.15) is 0 Å². The largest absolute Gasteiger partial charge is 0.366 e. The van der Waals surface area contributed by atoms with E-state index in [1.54, 1.807) is 36.5 Å². The molecule has 0 atom stereocenters. The van der Waals surface area contributed by atoms with Crippen molar-refractivity contribution < 1.29 is 14.4 Å². The van der Waals surface area contributed by atoms with Crippen molar-refractivity contribution in [3.63, 3.8) is 0 Å². The minimum absolute atomic E-state index is 0.123. The van der Waals surface area contributed by atoms with Crippen molar-refractivity contribution in [2.75, 3.05) is 10.6 Å². The maximum absolute atomic E-state index is 13.3. The van der Waals surface area contributed by atoms with E-state index in [9.17, 15) is 14.4 Å². The van der Waals surface area contributed by atoms with Crippen LogP contribution in [0.25, 0.3) is 0 Å². The molecular formula is C26H19ClN4O3S. The molecule has 3 amide bonds. The molecule has 7 nitrogen and oxygen atoms in total. The van der Waals surface area contributed by atoms with Gasteiger partial charge in [-0.15, -0.1) is 11.3 Å². The molecule has 0 fully saturated rings. The van der Waals surface area contributed by atoms with Crippen LogP contribution in [-0.4, -0.2) is 27.6 Å². The Bertz CT molecular complexity index is 1440. The molecule has 0 saturated heterocycles. The summed E-state index contributed by atoms with van der Waals surface area (Å²) in [5.41, 5.74) is 2.57. The zero-order chi connectivity index (χ0) is 24.4. The fourth-order valence-corrected chi connectivity index (χ4v) is 4.82. The van der Waals surface area contributed by atoms with Crippen molar-refractivity contribution in [3.8, 4) is 0 Å². The number of fused-ring (bicyclic) bond motifs is 1. The van der Waals surface area contributed by atoms with Gasteiger partial charge in [-0.1, -0.05) is 48.0 Å². The van der Waals surface area contributed by atoms with Gasteiger partial charge >= 0.3 is 0 Å². The number of nitrogens with zero attached hydrogens (tertiary/aromatic N) is 2. The van der Waals surface area contributed by atoms with E-state index in [1.165, 1.54) is 4.90 Å². The van der Waals surface area contributed by atoms with Gasteiger partial charge < -0.3 is 10.6 Å². The summed E-state index contributed by atoms with van der Waals surface area (Å²) in [5, 5.41) is 6.00. The van der Waals surface area contributed by atoms with E-state index in [2.05, 4.69) is 15.6 Å². The molecule has 2 N–H and O–H groups in total. The molecule has 5 rings (SSSR count). The Morgan fingerprint density at radius 2 is 1.77 bits per heavy atom. The van der Waals surface area contributed by atoms with Crippen molar-refractivity contribution in [1.29, 1.82) is 0 Å². The van der Waals surface area contributed by atoms with Crippen LogP contribution >= 0.6 is 22.9 Å². The third kappa shape index (κ3) is 4.80. The van der Waals surface area contributed by atoms with Crippen molar-refractivity contribution in [1.82, 2.24) is 9.88 Å². The van der Waals surface area contributed by atoms with Gasteiger partial charge in [0.1, 0.15) is 5.82 Å². The number of rotatable bonds is 7. The highest BCUT2D eigenvalue weighted by Crippen LogP contribution is 2.31. The number of benzene rings is 2. The lowest BCUT2D eigenvalue weighted by molar-refractivity contribution is 0.0642. The SMILES string of the molecule is O=C(Nc1cccc2c1C(=O)N(Cc1cccc(CNc3ccccn3)c1)C2=O)c1ccc(Cl)s1. The second kappa shape index (κ2) is 9.69. The van der Waals surface area contributed by atoms with E-state index >= 15 is 0 Å². The van der Waals surface area contributed by atoms with Gasteiger partial charge in [0.05, 0.1) is 32.6 Å². The summed E-state index contributed by atoms with van der Waals surface area (Å²) >= 11 is 7.07. The van der Waals surface area contributed by atoms with Gasteiger partial charge in [0.15, 0.2) is 0 Å². The molecule has 0 radical (unpaired) electrons. The Labute approximate surface area is 210 Å². The molecule has 1 aliphatic rings. The second-order valence-corrected chi connectivity index (χ2v) is 9.59. The fraction of sp³-hybridized carbons (Fsp3) is 0.0769. The van der Waals surface area contributed by atoms with Crippen molar-refractivity contribution in [2.24, 2.45) is 0 Å². The van der Waals surface area contributed by atoms with Crippen LogP contribution in [0.4, 0.5) is 11.5 Å². The number of pyridine rings is 1. The van der Waals surface area contributed by atoms with E-state index in [0.717, 1.165) is 28.3 Å². The number of carbonyl (C=O) groups excluding carboxylic acids is 3. The molecule has 4 aromatic rings. The summed E-state index contributed by atoms with van der Waals surface area (Å²) in [6.45, 7) is 0.674. The standard InChI is InChI=1S/C26H19ClN4O3S/c27-21-11-10-20(35-21)24(32)30-19-8-4-7-18-23(19)26(34)31(25(18)33)15-17-6-3-5-16(13-17)14-29-22-9-1-2-12-28-22/h1-13H,14-15H2,(H,28,29)(H,30,32). The minimum Gasteiger partial charge on any atom is -0.366 e. The predicted molar refractivity (Wildman–Crippen MR) is 136 cm³/mol. The highest BCUT2D eigenvalue weighted by molar-refractivity contribution is 7.18. The summed E-state index contributed by atoms with van der Waals surface area (Å²) in [5.74, 6) is -0.459. The Balaban J connectivity index is 1.32. The van der Waals surface area contributed by atoms with E-state index in [1.807, 2.05) is 42.5 Å². The van der Waals surface area contributed by atoms with E-state index < -0.39 is 11.8 Å². The second-order valence-electron chi connectivity index (χ2n) is 7.87. The molecule has 35 heavy (non-hydrogen) atoms. The van der Waals surface area contributed by atoms with Gasteiger partial charge in [-0.25, -0.2) is 4.98 Å². The van der Waals surface area contributed by atoms with Gasteiger partial charge in [-0.05, 0) is 47.5 Å². The summed E-state index contributed by atoms with van der Waals surface area (Å²) in [6.07, 6.45) is 1.72. The lowest BCUT2D eigenvalue weighted by Crippen LogP contribution is -2.29. The zero-order valence-corrected chi connectivity index (χ0v) is 19.9. The molecule has 0 bridgehead atoms. The van der Waals surface area contributed by atoms with Crippen LogP contribution in [0.3, 0.4) is 0 Å². The van der Waals surface area contributed by atoms with Crippen LogP contribution in [0, 0.1) is 0 Å². The first kappa shape index (κ1) is 22.8. The number of carbonyl (C=O) groups is 3. The summed E-state index contributed by atoms with van der Waals surface area (Å²) in [6, 6.07) is 21.4. The normalized spacial score (nSPS) is 12.5. The molecule has 2 aromatic carbocycles. The Hall–Kier alpha value is -4.01. The molecule has 0 spiro atoms. The first-order valence-electron chi connectivity index (χ1n) is 10.8. The minimum atomic E-state index is -0.442. The van der Waals surface area contributed by atoms with Crippen LogP contribution in [0.1, 0.15) is 41.5 Å². The Morgan fingerprint density at radius 1 is 0.943 bits per heavy atom. The topological polar surface area (TPSA) is 91.4 Å². The molecule has 1 aliphatic heterocycles. The number of imide groups is 1. The number of hydrogen-bond donors (Lipinski definition) is 2. The molecular weight excluding hydrogens is 484 g/mol. The number of nitrogens with one attached hydrogen (secondary N) is 2. The summed E-state index contributed by atoms with van der Waals surface area (Å²) in [7, 11) is 0. The van der Waals surface area contributed by atoms with Crippen molar-refractivity contribution in [2.45, 2.75) is 13.1 Å². The van der Waals surface area contributed by atoms with E-state index in [-0.39, 0.29) is 23.6 Å². The molecule has 0 unspecified atom stereocenters. The number of halogens is 1. The third-order valence-electron chi connectivity index (χ3n) is 5.51. The zero-order valence-electron chi connectivity index (χ0n) is 18.3. The van der Waals surface area contributed by atoms with Crippen LogP contribution < -0.4 is 10.6 Å². The van der Waals surface area contributed by atoms with Crippen LogP contribution in [-0.2, 0) is 13.1 Å². The number of anilines is 2. The Morgan fingerprint density at radius 3 is 2.54 bits per heavy atom. The molecule has 9 heteroatoms. The highest BCUT2D eigenvalue weighted by atomic mass is 35.5. The predicted octanol–water partition coefficient (Wildman–Crippen LogP) is 5.46. The average Bonchev–Trinajstić information content (AvgIpc) is 3.41. The average molecular weight is 503 g/mol. The van der Waals surface area contributed by atoms with Gasteiger partial charge in [0, 0.05) is 12.7 Å². The number of aromatic nitrogens is 1.